The number of hydrogen-bond acceptors (Lipinski definition) is 5. The Hall–Kier alpha value is -1.86. The van der Waals surface area contributed by atoms with Gasteiger partial charge in [-0.05, 0) is 60.8 Å². The van der Waals surface area contributed by atoms with E-state index in [0.29, 0.717) is 11.3 Å². The highest BCUT2D eigenvalue weighted by atomic mass is 79.9. The molecule has 0 heterocycles. The predicted octanol–water partition coefficient (Wildman–Crippen LogP) is 4.15. The molecule has 0 spiro atoms. The fourth-order valence-electron chi connectivity index (χ4n) is 5.10. The minimum Gasteiger partial charge on any atom is -0.496 e. The highest BCUT2D eigenvalue weighted by Gasteiger charge is 2.51. The van der Waals surface area contributed by atoms with Gasteiger partial charge in [-0.1, -0.05) is 43.4 Å². The van der Waals surface area contributed by atoms with E-state index in [1.807, 2.05) is 12.2 Å². The van der Waals surface area contributed by atoms with Crippen LogP contribution < -0.4 is 15.4 Å². The predicted molar refractivity (Wildman–Crippen MR) is 152 cm³/mol. The van der Waals surface area contributed by atoms with E-state index in [9.17, 15) is 22.4 Å². The van der Waals surface area contributed by atoms with Crippen LogP contribution in [0, 0.1) is 17.8 Å². The number of ether oxygens (including phenoxy) is 1. The summed E-state index contributed by atoms with van der Waals surface area (Å²) in [6.45, 7) is 0.942. The van der Waals surface area contributed by atoms with E-state index in [1.165, 1.54) is 25.3 Å². The van der Waals surface area contributed by atoms with Gasteiger partial charge < -0.3 is 15.0 Å². The first-order valence-corrected chi connectivity index (χ1v) is 14.9. The van der Waals surface area contributed by atoms with E-state index in [2.05, 4.69) is 30.5 Å². The van der Waals surface area contributed by atoms with Crippen LogP contribution in [0.25, 0.3) is 0 Å². The van der Waals surface area contributed by atoms with E-state index in [0.717, 1.165) is 23.1 Å². The molecule has 37 heavy (non-hydrogen) atoms. The fourth-order valence-corrected chi connectivity index (χ4v) is 7.09. The van der Waals surface area contributed by atoms with E-state index in [4.69, 9.17) is 4.74 Å². The number of nitrogens with one attached hydrogen (secondary N) is 1. The molecule has 198 valence electrons. The van der Waals surface area contributed by atoms with Crippen LogP contribution in [0.1, 0.15) is 23.7 Å². The van der Waals surface area contributed by atoms with Crippen molar-refractivity contribution < 1.29 is 27.1 Å². The molecule has 2 aromatic rings. The number of sulfone groups is 1. The van der Waals surface area contributed by atoms with Crippen molar-refractivity contribution in [2.75, 3.05) is 19.5 Å². The minimum atomic E-state index is -4.28. The molecule has 0 radical (unpaired) electrons. The number of allylic oxidation sites excluding steroid dienone is 1. The number of carbonyl (C=O) groups is 2. The van der Waals surface area contributed by atoms with Gasteiger partial charge >= 0.3 is 0 Å². The van der Waals surface area contributed by atoms with Gasteiger partial charge in [-0.3, -0.25) is 9.59 Å². The molecule has 2 aliphatic carbocycles. The third-order valence-electron chi connectivity index (χ3n) is 6.97. The SMILES string of the molecule is COc1cc(P)c(Br)cc1C(=O)N(C)[C@H]1[C@@H](C(=O)Nc2cccc(S(=O)(=O)C(C)(F)P)c2)[C@H]2C=C[C@H]1C2. The Morgan fingerprint density at radius 2 is 1.89 bits per heavy atom. The number of methoxy groups -OCH3 is 1. The van der Waals surface area contributed by atoms with Crippen molar-refractivity contribution in [3.05, 3.63) is 58.6 Å². The maximum atomic E-state index is 14.3. The number of carbonyl (C=O) groups excluding carboxylic acids is 2. The summed E-state index contributed by atoms with van der Waals surface area (Å²) in [7, 11) is 3.16. The first-order valence-electron chi connectivity index (χ1n) is 11.5. The normalized spacial score (nSPS) is 24.0. The van der Waals surface area contributed by atoms with Crippen LogP contribution in [0.15, 0.2) is 57.9 Å². The van der Waals surface area contributed by atoms with Crippen molar-refractivity contribution in [1.29, 1.82) is 0 Å². The Balaban J connectivity index is 1.61. The van der Waals surface area contributed by atoms with Gasteiger partial charge in [0.2, 0.25) is 20.5 Å². The number of anilines is 1. The summed E-state index contributed by atoms with van der Waals surface area (Å²) in [5.74, 6) is -0.799. The molecule has 2 aliphatic rings. The molecule has 7 atom stereocenters. The molecule has 0 aliphatic heterocycles. The van der Waals surface area contributed by atoms with Crippen LogP contribution in [-0.4, -0.2) is 50.1 Å². The summed E-state index contributed by atoms with van der Waals surface area (Å²) in [4.78, 5) is 28.5. The molecular formula is C25H28BrFN2O5P2S. The van der Waals surface area contributed by atoms with Crippen LogP contribution in [0.2, 0.25) is 0 Å². The molecule has 0 saturated heterocycles. The topological polar surface area (TPSA) is 92.8 Å². The van der Waals surface area contributed by atoms with Crippen LogP contribution in [0.5, 0.6) is 5.75 Å². The number of benzene rings is 2. The van der Waals surface area contributed by atoms with Gasteiger partial charge in [0.1, 0.15) is 5.75 Å². The third kappa shape index (κ3) is 5.23. The Morgan fingerprint density at radius 3 is 2.54 bits per heavy atom. The van der Waals surface area contributed by atoms with Crippen LogP contribution in [0.4, 0.5) is 10.1 Å². The third-order valence-corrected chi connectivity index (χ3v) is 11.4. The second kappa shape index (κ2) is 10.4. The zero-order chi connectivity index (χ0) is 27.3. The second-order valence-electron chi connectivity index (χ2n) is 9.46. The van der Waals surface area contributed by atoms with E-state index < -0.39 is 26.5 Å². The van der Waals surface area contributed by atoms with Crippen molar-refractivity contribution in [3.8, 4) is 5.75 Å². The van der Waals surface area contributed by atoms with Gasteiger partial charge in [-0.2, -0.15) is 0 Å². The zero-order valence-electron chi connectivity index (χ0n) is 20.4. The van der Waals surface area contributed by atoms with Crippen molar-refractivity contribution in [1.82, 2.24) is 4.90 Å². The smallest absolute Gasteiger partial charge is 0.257 e. The Kier molecular flexibility index (Phi) is 7.89. The first-order chi connectivity index (χ1) is 17.3. The number of hydrogen-bond donors (Lipinski definition) is 1. The lowest BCUT2D eigenvalue weighted by atomic mass is 9.86. The molecule has 1 saturated carbocycles. The van der Waals surface area contributed by atoms with Gasteiger partial charge in [0, 0.05) is 17.2 Å². The number of nitrogens with zero attached hydrogens (tertiary/aromatic N) is 1. The molecule has 2 amide bonds. The average Bonchev–Trinajstić information content (AvgIpc) is 3.46. The number of fused-ring (bicyclic) bond motifs is 2. The van der Waals surface area contributed by atoms with Crippen LogP contribution in [0.3, 0.4) is 0 Å². The second-order valence-corrected chi connectivity index (χ2v) is 14.7. The monoisotopic (exact) mass is 628 g/mol. The van der Waals surface area contributed by atoms with E-state index in [1.54, 1.807) is 39.4 Å². The summed E-state index contributed by atoms with van der Waals surface area (Å²) < 4.78 is 43.0. The lowest BCUT2D eigenvalue weighted by Crippen LogP contribution is -2.48. The molecule has 12 heteroatoms. The Labute approximate surface area is 229 Å². The van der Waals surface area contributed by atoms with Crippen molar-refractivity contribution in [2.24, 2.45) is 17.8 Å². The molecule has 7 nitrogen and oxygen atoms in total. The fraction of sp³-hybridized carbons (Fsp3) is 0.360. The molecule has 3 unspecified atom stereocenters. The first kappa shape index (κ1) is 28.2. The summed E-state index contributed by atoms with van der Waals surface area (Å²) >= 11 is 3.46. The van der Waals surface area contributed by atoms with E-state index in [-0.39, 0.29) is 34.2 Å². The molecule has 1 N–H and O–H groups in total. The number of halogens is 2. The maximum absolute atomic E-state index is 14.3. The Morgan fingerprint density at radius 1 is 1.22 bits per heavy atom. The molecule has 2 aromatic carbocycles. The number of amides is 2. The molecule has 0 aromatic heterocycles. The van der Waals surface area contributed by atoms with Crippen LogP contribution >= 0.6 is 34.4 Å². The van der Waals surface area contributed by atoms with Crippen molar-refractivity contribution in [3.63, 3.8) is 0 Å². The minimum absolute atomic E-state index is 0.00112. The van der Waals surface area contributed by atoms with Gasteiger partial charge in [-0.15, -0.1) is 9.24 Å². The highest BCUT2D eigenvalue weighted by Crippen LogP contribution is 2.47. The average molecular weight is 629 g/mol. The van der Waals surface area contributed by atoms with Gasteiger partial charge in [0.25, 0.3) is 5.91 Å². The van der Waals surface area contributed by atoms with Gasteiger partial charge in [0.15, 0.2) is 0 Å². The lowest BCUT2D eigenvalue weighted by molar-refractivity contribution is -0.122. The summed E-state index contributed by atoms with van der Waals surface area (Å²) in [5, 5.41) is 3.64. The quantitative estimate of drug-likeness (QED) is 0.367. The van der Waals surface area contributed by atoms with Crippen LogP contribution in [-0.2, 0) is 14.6 Å². The summed E-state index contributed by atoms with van der Waals surface area (Å²) in [6.07, 6.45) is 4.76. The van der Waals surface area contributed by atoms with E-state index >= 15 is 0 Å². The van der Waals surface area contributed by atoms with Crippen molar-refractivity contribution >= 4 is 67.1 Å². The Bertz CT molecular complexity index is 1400. The summed E-state index contributed by atoms with van der Waals surface area (Å²) in [6, 6.07) is 8.58. The standard InChI is InChI=1S/C25H28BrFN2O5P2S/c1-25(27,36)37(32,33)16-6-4-5-15(10-16)28-23(30)21-13-7-8-14(9-13)22(21)29(2)24(31)17-11-18(26)20(35)12-19(17)34-3/h4-8,10-14,21-22H,9,35-36H2,1-3H3,(H,28,30)/t13-,14-,21-,22+,25?/m0/s1. The largest absolute Gasteiger partial charge is 0.496 e. The lowest BCUT2D eigenvalue weighted by Gasteiger charge is -2.35. The summed E-state index contributed by atoms with van der Waals surface area (Å²) in [5.41, 5.74) is 0.611. The van der Waals surface area contributed by atoms with Crippen molar-refractivity contribution in [2.45, 2.75) is 29.0 Å². The number of alkyl halides is 1. The highest BCUT2D eigenvalue weighted by molar-refractivity contribution is 9.10. The van der Waals surface area contributed by atoms with Gasteiger partial charge in [0.05, 0.1) is 29.5 Å². The molecule has 4 rings (SSSR count). The zero-order valence-corrected chi connectivity index (χ0v) is 25.2. The van der Waals surface area contributed by atoms with Gasteiger partial charge in [-0.25, -0.2) is 12.8 Å². The molecule has 1 fully saturated rings. The maximum Gasteiger partial charge on any atom is 0.257 e. The molecular weight excluding hydrogens is 601 g/mol. The molecule has 2 bridgehead atoms. The number of rotatable bonds is 7.